The second-order valence-electron chi connectivity index (χ2n) is 4.75. The summed E-state index contributed by atoms with van der Waals surface area (Å²) in [5.41, 5.74) is -0.442. The molecule has 0 spiro atoms. The van der Waals surface area contributed by atoms with E-state index < -0.39 is 17.8 Å². The van der Waals surface area contributed by atoms with Gasteiger partial charge in [-0.3, -0.25) is 4.90 Å². The van der Waals surface area contributed by atoms with E-state index in [1.807, 2.05) is 11.0 Å². The van der Waals surface area contributed by atoms with Crippen LogP contribution in [-0.2, 0) is 6.18 Å². The largest absolute Gasteiger partial charge is 0.416 e. The average Bonchev–Trinajstić information content (AvgIpc) is 2.45. The number of halogens is 3. The summed E-state index contributed by atoms with van der Waals surface area (Å²) in [6, 6.07) is 7.05. The molecule has 0 saturated carbocycles. The number of hydrogen-bond donors (Lipinski definition) is 1. The third-order valence-electron chi connectivity index (χ3n) is 3.50. The first-order valence-electron chi connectivity index (χ1n) is 6.52. The number of nitrogens with zero attached hydrogens (tertiary/aromatic N) is 2. The normalized spacial score (nSPS) is 18.5. The van der Waals surface area contributed by atoms with Crippen LogP contribution in [0.15, 0.2) is 24.3 Å². The standard InChI is InChI=1S/C14H16F3N3/c15-14(16,17)12-4-2-1-3-11(12)13(5-6-18)20-9-7-19-8-10-20/h1-4,13,19H,5,7-10H2/t13-/m1/s1. The Morgan fingerprint density at radius 2 is 1.90 bits per heavy atom. The number of nitrogens with one attached hydrogen (secondary N) is 1. The van der Waals surface area contributed by atoms with Gasteiger partial charge in [0.15, 0.2) is 0 Å². The second-order valence-corrected chi connectivity index (χ2v) is 4.75. The lowest BCUT2D eigenvalue weighted by molar-refractivity contribution is -0.138. The van der Waals surface area contributed by atoms with Crippen molar-refractivity contribution in [2.24, 2.45) is 0 Å². The molecule has 108 valence electrons. The van der Waals surface area contributed by atoms with Gasteiger partial charge < -0.3 is 5.32 Å². The molecule has 6 heteroatoms. The van der Waals surface area contributed by atoms with Crippen LogP contribution in [0.3, 0.4) is 0 Å². The van der Waals surface area contributed by atoms with Gasteiger partial charge in [-0.05, 0) is 11.6 Å². The van der Waals surface area contributed by atoms with Crippen LogP contribution in [0.2, 0.25) is 0 Å². The monoisotopic (exact) mass is 283 g/mol. The summed E-state index contributed by atoms with van der Waals surface area (Å²) in [4.78, 5) is 1.95. The average molecular weight is 283 g/mol. The molecule has 20 heavy (non-hydrogen) atoms. The lowest BCUT2D eigenvalue weighted by Gasteiger charge is -2.35. The summed E-state index contributed by atoms with van der Waals surface area (Å²) in [7, 11) is 0. The lowest BCUT2D eigenvalue weighted by Crippen LogP contribution is -2.45. The third kappa shape index (κ3) is 3.30. The minimum absolute atomic E-state index is 0.0626. The molecule has 1 aliphatic heterocycles. The molecule has 1 fully saturated rings. The van der Waals surface area contributed by atoms with Gasteiger partial charge in [0.2, 0.25) is 0 Å². The molecule has 0 aromatic heterocycles. The number of nitriles is 1. The van der Waals surface area contributed by atoms with E-state index in [-0.39, 0.29) is 12.0 Å². The van der Waals surface area contributed by atoms with Crippen LogP contribution in [0.5, 0.6) is 0 Å². The molecule has 1 atom stereocenters. The Morgan fingerprint density at radius 3 is 2.50 bits per heavy atom. The SMILES string of the molecule is N#CC[C@H](c1ccccc1C(F)(F)F)N1CCNCC1. The van der Waals surface area contributed by atoms with Crippen molar-refractivity contribution in [1.29, 1.82) is 5.26 Å². The number of rotatable bonds is 3. The van der Waals surface area contributed by atoms with Crippen LogP contribution in [-0.4, -0.2) is 31.1 Å². The Labute approximate surface area is 116 Å². The van der Waals surface area contributed by atoms with Gasteiger partial charge in [-0.1, -0.05) is 18.2 Å². The minimum Gasteiger partial charge on any atom is -0.314 e. The van der Waals surface area contributed by atoms with Crippen LogP contribution in [0.4, 0.5) is 13.2 Å². The van der Waals surface area contributed by atoms with E-state index >= 15 is 0 Å². The first-order valence-corrected chi connectivity index (χ1v) is 6.52. The zero-order valence-corrected chi connectivity index (χ0v) is 11.0. The third-order valence-corrected chi connectivity index (χ3v) is 3.50. The Bertz CT molecular complexity index is 487. The maximum Gasteiger partial charge on any atom is 0.416 e. The molecule has 1 aromatic rings. The Balaban J connectivity index is 2.36. The molecule has 2 rings (SSSR count). The summed E-state index contributed by atoms with van der Waals surface area (Å²) in [5, 5.41) is 12.1. The molecule has 1 N–H and O–H groups in total. The van der Waals surface area contributed by atoms with Crippen LogP contribution in [0.25, 0.3) is 0 Å². The predicted molar refractivity (Wildman–Crippen MR) is 68.9 cm³/mol. The second kappa shape index (κ2) is 6.25. The van der Waals surface area contributed by atoms with Gasteiger partial charge >= 0.3 is 6.18 Å². The van der Waals surface area contributed by atoms with E-state index in [2.05, 4.69) is 5.32 Å². The quantitative estimate of drug-likeness (QED) is 0.926. The smallest absolute Gasteiger partial charge is 0.314 e. The predicted octanol–water partition coefficient (Wildman–Crippen LogP) is 2.57. The summed E-state index contributed by atoms with van der Waals surface area (Å²) in [5.74, 6) is 0. The van der Waals surface area contributed by atoms with Gasteiger partial charge in [0.05, 0.1) is 18.1 Å². The number of alkyl halides is 3. The van der Waals surface area contributed by atoms with Crippen molar-refractivity contribution in [3.63, 3.8) is 0 Å². The van der Waals surface area contributed by atoms with Crippen molar-refractivity contribution >= 4 is 0 Å². The molecule has 0 amide bonds. The molecule has 1 saturated heterocycles. The van der Waals surface area contributed by atoms with Gasteiger partial charge in [0, 0.05) is 32.2 Å². The van der Waals surface area contributed by atoms with Crippen molar-refractivity contribution in [3.05, 3.63) is 35.4 Å². The fraction of sp³-hybridized carbons (Fsp3) is 0.500. The maximum atomic E-state index is 13.1. The number of piperazine rings is 1. The molecule has 1 aromatic carbocycles. The van der Waals surface area contributed by atoms with Gasteiger partial charge in [-0.25, -0.2) is 0 Å². The van der Waals surface area contributed by atoms with E-state index in [9.17, 15) is 13.2 Å². The van der Waals surface area contributed by atoms with Crippen molar-refractivity contribution in [1.82, 2.24) is 10.2 Å². The van der Waals surface area contributed by atoms with Crippen LogP contribution < -0.4 is 5.32 Å². The highest BCUT2D eigenvalue weighted by atomic mass is 19.4. The molecule has 0 radical (unpaired) electrons. The molecule has 3 nitrogen and oxygen atoms in total. The fourth-order valence-corrected chi connectivity index (χ4v) is 2.56. The summed E-state index contributed by atoms with van der Waals surface area (Å²) < 4.78 is 39.3. The van der Waals surface area contributed by atoms with E-state index in [4.69, 9.17) is 5.26 Å². The molecule has 0 bridgehead atoms. The zero-order chi connectivity index (χ0) is 14.6. The molecule has 1 heterocycles. The highest BCUT2D eigenvalue weighted by molar-refractivity contribution is 5.33. The van der Waals surface area contributed by atoms with Crippen molar-refractivity contribution in [2.75, 3.05) is 26.2 Å². The van der Waals surface area contributed by atoms with E-state index in [0.29, 0.717) is 13.1 Å². The summed E-state index contributed by atoms with van der Waals surface area (Å²) in [6.07, 6.45) is -4.33. The molecular weight excluding hydrogens is 267 g/mol. The minimum atomic E-state index is -4.39. The van der Waals surface area contributed by atoms with Crippen LogP contribution >= 0.6 is 0 Å². The maximum absolute atomic E-state index is 13.1. The molecular formula is C14H16F3N3. The highest BCUT2D eigenvalue weighted by Gasteiger charge is 2.36. The lowest BCUT2D eigenvalue weighted by atomic mass is 9.96. The van der Waals surface area contributed by atoms with Gasteiger partial charge in [0.25, 0.3) is 0 Å². The number of hydrogen-bond acceptors (Lipinski definition) is 3. The van der Waals surface area contributed by atoms with Crippen LogP contribution in [0, 0.1) is 11.3 Å². The molecule has 0 unspecified atom stereocenters. The van der Waals surface area contributed by atoms with E-state index in [0.717, 1.165) is 19.2 Å². The first kappa shape index (κ1) is 14.8. The van der Waals surface area contributed by atoms with Crippen molar-refractivity contribution in [2.45, 2.75) is 18.6 Å². The van der Waals surface area contributed by atoms with Gasteiger partial charge in [-0.15, -0.1) is 0 Å². The van der Waals surface area contributed by atoms with Crippen molar-refractivity contribution in [3.8, 4) is 6.07 Å². The highest BCUT2D eigenvalue weighted by Crippen LogP contribution is 2.37. The first-order chi connectivity index (χ1) is 9.54. The van der Waals surface area contributed by atoms with Crippen molar-refractivity contribution < 1.29 is 13.2 Å². The number of benzene rings is 1. The summed E-state index contributed by atoms with van der Waals surface area (Å²) >= 11 is 0. The Kier molecular flexibility index (Phi) is 4.63. The fourth-order valence-electron chi connectivity index (χ4n) is 2.56. The zero-order valence-electron chi connectivity index (χ0n) is 11.0. The Hall–Kier alpha value is -1.58. The molecule has 1 aliphatic rings. The van der Waals surface area contributed by atoms with E-state index in [1.165, 1.54) is 12.1 Å². The van der Waals surface area contributed by atoms with Gasteiger partial charge in [0.1, 0.15) is 0 Å². The Morgan fingerprint density at radius 1 is 1.25 bits per heavy atom. The van der Waals surface area contributed by atoms with Crippen LogP contribution in [0.1, 0.15) is 23.6 Å². The summed E-state index contributed by atoms with van der Waals surface area (Å²) in [6.45, 7) is 2.77. The molecule has 0 aliphatic carbocycles. The van der Waals surface area contributed by atoms with Gasteiger partial charge in [-0.2, -0.15) is 18.4 Å². The van der Waals surface area contributed by atoms with E-state index in [1.54, 1.807) is 6.07 Å². The topological polar surface area (TPSA) is 39.1 Å².